The van der Waals surface area contributed by atoms with Crippen molar-refractivity contribution in [2.45, 2.75) is 37.9 Å². The van der Waals surface area contributed by atoms with E-state index >= 15 is 0 Å². The number of hydrogen-bond acceptors (Lipinski definition) is 10. The molecule has 2 atom stereocenters. The summed E-state index contributed by atoms with van der Waals surface area (Å²) in [6, 6.07) is 18.7. The van der Waals surface area contributed by atoms with Gasteiger partial charge in [0.25, 0.3) is 23.6 Å². The molecule has 0 spiro atoms. The van der Waals surface area contributed by atoms with Gasteiger partial charge in [0, 0.05) is 108 Å². The van der Waals surface area contributed by atoms with Crippen molar-refractivity contribution in [2.75, 3.05) is 75.2 Å². The molecular formula is C40H48Cl4N6O6. The summed E-state index contributed by atoms with van der Waals surface area (Å²) < 4.78 is 0. The Morgan fingerprint density at radius 3 is 1.25 bits per heavy atom. The average molecular weight is 851 g/mol. The highest BCUT2D eigenvalue weighted by Crippen LogP contribution is 2.38. The van der Waals surface area contributed by atoms with Crippen LogP contribution in [0.15, 0.2) is 60.7 Å². The van der Waals surface area contributed by atoms with Crippen molar-refractivity contribution >= 4 is 106 Å². The van der Waals surface area contributed by atoms with Gasteiger partial charge in [0.2, 0.25) is 0 Å². The maximum atomic E-state index is 13.5. The molecule has 12 nitrogen and oxygen atoms in total. The van der Waals surface area contributed by atoms with E-state index in [-0.39, 0.29) is 85.5 Å². The van der Waals surface area contributed by atoms with E-state index < -0.39 is 0 Å². The Labute approximate surface area is 350 Å². The molecule has 0 bridgehead atoms. The molecule has 4 aromatic carbocycles. The number of β-amino-alcohol motifs (C(OH)–C–C–N with tert-alkyl or cyclic N) is 2. The molecule has 4 aliphatic rings. The van der Waals surface area contributed by atoms with Gasteiger partial charge in [-0.2, -0.15) is 0 Å². The average Bonchev–Trinajstić information content (AvgIpc) is 3.79. The minimum atomic E-state index is -0.374. The van der Waals surface area contributed by atoms with Crippen LogP contribution in [0.1, 0.15) is 67.1 Å². The van der Waals surface area contributed by atoms with Crippen molar-refractivity contribution in [3.05, 3.63) is 82.9 Å². The molecule has 56 heavy (non-hydrogen) atoms. The number of nitrogens with zero attached hydrogens (tertiary/aromatic N) is 4. The number of nitrogens with one attached hydrogen (secondary N) is 2. The third-order valence-corrected chi connectivity index (χ3v) is 10.9. The maximum Gasteiger partial charge on any atom is 0.261 e. The number of benzene rings is 4. The molecule has 2 fully saturated rings. The SMILES string of the molecule is Cl.Cl.Cl.Cl.O=C1c2cccc3c(N4CC[C@@H](O)C4)ccc(c23)C(=O)N1CCCNCCNCCCN1C(=O)c2cccc3c(N4CC[C@@H](O)C4)ccc(c23)C1=O. The Morgan fingerprint density at radius 1 is 0.518 bits per heavy atom. The first-order valence-electron chi connectivity index (χ1n) is 18.4. The van der Waals surface area contributed by atoms with Crippen molar-refractivity contribution < 1.29 is 29.4 Å². The van der Waals surface area contributed by atoms with Gasteiger partial charge >= 0.3 is 0 Å². The van der Waals surface area contributed by atoms with Crippen molar-refractivity contribution in [1.82, 2.24) is 20.4 Å². The molecule has 4 aliphatic heterocycles. The van der Waals surface area contributed by atoms with Crippen LogP contribution in [-0.2, 0) is 0 Å². The van der Waals surface area contributed by atoms with E-state index in [1.54, 1.807) is 12.1 Å². The van der Waals surface area contributed by atoms with Crippen LogP contribution >= 0.6 is 49.6 Å². The fraction of sp³-hybridized carbons (Fsp3) is 0.400. The van der Waals surface area contributed by atoms with Gasteiger partial charge in [0.15, 0.2) is 0 Å². The predicted molar refractivity (Wildman–Crippen MR) is 228 cm³/mol. The first kappa shape index (κ1) is 45.0. The summed E-state index contributed by atoms with van der Waals surface area (Å²) in [5, 5.41) is 30.0. The summed E-state index contributed by atoms with van der Waals surface area (Å²) in [6.07, 6.45) is 1.87. The standard InChI is InChI=1S/C40H44N6O6.4ClH/c47-25-13-21-43(23-25)33-11-9-31-35-27(33)5-1-7-29(35)37(49)45(39(31)51)19-3-15-41-17-18-42-16-4-20-46-38(50)30-8-2-6-28-34(44-22-14-26(48)24-44)12-10-32(36(28)30)40(46)52;;;;/h1-2,5-12,25-26,41-42,47-48H,3-4,13-24H2;4*1H/t25-,26-;;;;/m1..../s1. The minimum absolute atomic E-state index is 0. The lowest BCUT2D eigenvalue weighted by Crippen LogP contribution is -2.42. The Morgan fingerprint density at radius 2 is 0.893 bits per heavy atom. The quantitative estimate of drug-likeness (QED) is 0.111. The molecule has 8 rings (SSSR count). The second kappa shape index (κ2) is 19.1. The molecular weight excluding hydrogens is 802 g/mol. The third kappa shape index (κ3) is 8.30. The van der Waals surface area contributed by atoms with Crippen molar-refractivity contribution in [1.29, 1.82) is 0 Å². The monoisotopic (exact) mass is 848 g/mol. The highest BCUT2D eigenvalue weighted by atomic mass is 35.5. The summed E-state index contributed by atoms with van der Waals surface area (Å²) in [5.74, 6) is -1.10. The first-order chi connectivity index (χ1) is 25.3. The Bertz CT molecular complexity index is 1910. The van der Waals surface area contributed by atoms with Gasteiger partial charge in [0.05, 0.1) is 12.2 Å². The fourth-order valence-electron chi connectivity index (χ4n) is 8.29. The van der Waals surface area contributed by atoms with Gasteiger partial charge < -0.3 is 30.6 Å². The van der Waals surface area contributed by atoms with Crippen LogP contribution < -0.4 is 20.4 Å². The number of aliphatic hydroxyl groups excluding tert-OH is 2. The molecule has 4 N–H and O–H groups in total. The number of rotatable bonds is 13. The normalized spacial score (nSPS) is 18.6. The molecule has 4 amide bonds. The van der Waals surface area contributed by atoms with E-state index in [0.29, 0.717) is 111 Å². The summed E-state index contributed by atoms with van der Waals surface area (Å²) in [6.45, 7) is 5.80. The zero-order valence-electron chi connectivity index (χ0n) is 30.8. The van der Waals surface area contributed by atoms with E-state index in [2.05, 4.69) is 20.4 Å². The molecule has 4 aromatic rings. The van der Waals surface area contributed by atoms with Crippen LogP contribution in [0, 0.1) is 0 Å². The van der Waals surface area contributed by atoms with Gasteiger partial charge in [-0.25, -0.2) is 0 Å². The summed E-state index contributed by atoms with van der Waals surface area (Å²) in [5.41, 5.74) is 4.02. The lowest BCUT2D eigenvalue weighted by Gasteiger charge is -2.29. The van der Waals surface area contributed by atoms with Gasteiger partial charge in [-0.05, 0) is 75.2 Å². The van der Waals surface area contributed by atoms with E-state index in [9.17, 15) is 29.4 Å². The summed E-state index contributed by atoms with van der Waals surface area (Å²) in [7, 11) is 0. The summed E-state index contributed by atoms with van der Waals surface area (Å²) in [4.78, 5) is 60.8. The van der Waals surface area contributed by atoms with Crippen LogP contribution in [-0.4, -0.2) is 121 Å². The molecule has 302 valence electrons. The number of amides is 4. The first-order valence-corrected chi connectivity index (χ1v) is 18.4. The maximum absolute atomic E-state index is 13.5. The number of carbonyl (C=O) groups is 4. The number of imide groups is 2. The summed E-state index contributed by atoms with van der Waals surface area (Å²) >= 11 is 0. The van der Waals surface area contributed by atoms with Crippen molar-refractivity contribution in [3.8, 4) is 0 Å². The third-order valence-electron chi connectivity index (χ3n) is 10.9. The molecule has 2 saturated heterocycles. The lowest BCUT2D eigenvalue weighted by atomic mass is 9.92. The van der Waals surface area contributed by atoms with Crippen LogP contribution in [0.3, 0.4) is 0 Å². The Kier molecular flexibility index (Phi) is 15.4. The number of hydrogen-bond donors (Lipinski definition) is 4. The zero-order chi connectivity index (χ0) is 35.9. The highest BCUT2D eigenvalue weighted by molar-refractivity contribution is 6.28. The minimum Gasteiger partial charge on any atom is -0.391 e. The van der Waals surface area contributed by atoms with E-state index in [1.807, 2.05) is 48.5 Å². The second-order valence-electron chi connectivity index (χ2n) is 14.2. The number of anilines is 2. The molecule has 0 saturated carbocycles. The molecule has 16 heteroatoms. The van der Waals surface area contributed by atoms with Crippen molar-refractivity contribution in [3.63, 3.8) is 0 Å². The lowest BCUT2D eigenvalue weighted by molar-refractivity contribution is 0.0593. The molecule has 0 aromatic heterocycles. The van der Waals surface area contributed by atoms with Crippen molar-refractivity contribution in [2.24, 2.45) is 0 Å². The molecule has 0 unspecified atom stereocenters. The molecule has 4 heterocycles. The smallest absolute Gasteiger partial charge is 0.261 e. The highest BCUT2D eigenvalue weighted by Gasteiger charge is 2.35. The molecule has 0 radical (unpaired) electrons. The number of halogens is 4. The Hall–Kier alpha value is -3.72. The van der Waals surface area contributed by atoms with Gasteiger partial charge in [-0.1, -0.05) is 24.3 Å². The fourth-order valence-corrected chi connectivity index (χ4v) is 8.29. The van der Waals surface area contributed by atoms with Gasteiger partial charge in [-0.15, -0.1) is 49.6 Å². The van der Waals surface area contributed by atoms with Crippen LogP contribution in [0.25, 0.3) is 21.5 Å². The Balaban J connectivity index is 0.00000174. The predicted octanol–water partition coefficient (Wildman–Crippen LogP) is 4.67. The van der Waals surface area contributed by atoms with Crippen LogP contribution in [0.2, 0.25) is 0 Å². The molecule has 0 aliphatic carbocycles. The number of carbonyl (C=O) groups excluding carboxylic acids is 4. The van der Waals surface area contributed by atoms with E-state index in [0.717, 1.165) is 35.2 Å². The van der Waals surface area contributed by atoms with Crippen LogP contribution in [0.5, 0.6) is 0 Å². The van der Waals surface area contributed by atoms with Gasteiger partial charge in [-0.3, -0.25) is 29.0 Å². The number of aliphatic hydroxyl groups is 2. The van der Waals surface area contributed by atoms with E-state index in [1.165, 1.54) is 9.80 Å². The van der Waals surface area contributed by atoms with Crippen LogP contribution in [0.4, 0.5) is 11.4 Å². The largest absolute Gasteiger partial charge is 0.391 e. The topological polar surface area (TPSA) is 146 Å². The second-order valence-corrected chi connectivity index (χ2v) is 14.2. The van der Waals surface area contributed by atoms with Gasteiger partial charge in [0.1, 0.15) is 0 Å². The van der Waals surface area contributed by atoms with E-state index in [4.69, 9.17) is 0 Å². The zero-order valence-corrected chi connectivity index (χ0v) is 34.0.